The molecule has 1 atom stereocenters. The van der Waals surface area contributed by atoms with E-state index in [0.717, 1.165) is 19.4 Å². The van der Waals surface area contributed by atoms with Gasteiger partial charge in [-0.15, -0.1) is 0 Å². The van der Waals surface area contributed by atoms with Crippen molar-refractivity contribution in [2.24, 2.45) is 5.92 Å². The monoisotopic (exact) mass is 276 g/mol. The molecule has 2 N–H and O–H groups in total. The van der Waals surface area contributed by atoms with E-state index in [1.165, 1.54) is 6.92 Å². The van der Waals surface area contributed by atoms with Crippen LogP contribution >= 0.6 is 0 Å². The van der Waals surface area contributed by atoms with E-state index in [1.807, 2.05) is 0 Å². The molecule has 2 rings (SSSR count). The van der Waals surface area contributed by atoms with Crippen LogP contribution in [-0.2, 0) is 4.79 Å². The molecule has 1 unspecified atom stereocenters. The number of nitrogens with zero attached hydrogens (tertiary/aromatic N) is 1. The smallest absolute Gasteiger partial charge is 0.253 e. The second kappa shape index (κ2) is 6.52. The molecular formula is C15H20N2O3. The third-order valence-corrected chi connectivity index (χ3v) is 3.49. The molecule has 0 bridgehead atoms. The Labute approximate surface area is 118 Å². The van der Waals surface area contributed by atoms with E-state index >= 15 is 0 Å². The summed E-state index contributed by atoms with van der Waals surface area (Å²) in [5.74, 6) is -0.0329. The van der Waals surface area contributed by atoms with Gasteiger partial charge < -0.3 is 15.3 Å². The summed E-state index contributed by atoms with van der Waals surface area (Å²) in [5.41, 5.74) is 1.19. The highest BCUT2D eigenvalue weighted by molar-refractivity contribution is 5.96. The molecular weight excluding hydrogens is 256 g/mol. The van der Waals surface area contributed by atoms with Crippen LogP contribution in [0.15, 0.2) is 24.3 Å². The third kappa shape index (κ3) is 3.57. The van der Waals surface area contributed by atoms with E-state index in [9.17, 15) is 14.7 Å². The zero-order valence-electron chi connectivity index (χ0n) is 11.6. The van der Waals surface area contributed by atoms with Gasteiger partial charge in [0, 0.05) is 37.9 Å². The molecule has 1 fully saturated rings. The molecule has 2 amide bonds. The summed E-state index contributed by atoms with van der Waals surface area (Å²) >= 11 is 0. The predicted molar refractivity (Wildman–Crippen MR) is 76.5 cm³/mol. The lowest BCUT2D eigenvalue weighted by Gasteiger charge is -2.32. The Kier molecular flexibility index (Phi) is 4.74. The van der Waals surface area contributed by atoms with E-state index in [-0.39, 0.29) is 24.3 Å². The minimum absolute atomic E-state index is 0.0460. The van der Waals surface area contributed by atoms with Crippen LogP contribution in [0.5, 0.6) is 0 Å². The first-order chi connectivity index (χ1) is 9.60. The average molecular weight is 276 g/mol. The number of rotatable bonds is 3. The van der Waals surface area contributed by atoms with Crippen LogP contribution in [0.25, 0.3) is 0 Å². The number of piperidine rings is 1. The summed E-state index contributed by atoms with van der Waals surface area (Å²) < 4.78 is 0. The number of nitrogens with one attached hydrogen (secondary N) is 1. The van der Waals surface area contributed by atoms with Crippen molar-refractivity contribution in [3.8, 4) is 0 Å². The quantitative estimate of drug-likeness (QED) is 0.878. The van der Waals surface area contributed by atoms with Crippen LogP contribution in [0.2, 0.25) is 0 Å². The molecule has 1 aliphatic rings. The Morgan fingerprint density at radius 3 is 2.95 bits per heavy atom. The second-order valence-corrected chi connectivity index (χ2v) is 5.20. The number of carbonyl (C=O) groups is 2. The molecule has 108 valence electrons. The molecule has 0 radical (unpaired) electrons. The Morgan fingerprint density at radius 2 is 2.25 bits per heavy atom. The summed E-state index contributed by atoms with van der Waals surface area (Å²) in [4.78, 5) is 25.2. The van der Waals surface area contributed by atoms with Gasteiger partial charge in [-0.05, 0) is 37.0 Å². The Bertz CT molecular complexity index is 502. The molecule has 0 saturated carbocycles. The Morgan fingerprint density at radius 1 is 1.45 bits per heavy atom. The standard InChI is InChI=1S/C15H20N2O3/c1-11(19)16-14-6-2-5-13(8-14)15(20)17-7-3-4-12(9-17)10-18/h2,5-6,8,12,18H,3-4,7,9-10H2,1H3,(H,16,19). The fourth-order valence-electron chi connectivity index (χ4n) is 2.51. The number of hydrogen-bond donors (Lipinski definition) is 2. The summed E-state index contributed by atoms with van der Waals surface area (Å²) in [6, 6.07) is 6.94. The molecule has 5 nitrogen and oxygen atoms in total. The van der Waals surface area contributed by atoms with Crippen molar-refractivity contribution in [3.05, 3.63) is 29.8 Å². The van der Waals surface area contributed by atoms with Gasteiger partial charge in [-0.1, -0.05) is 6.07 Å². The molecule has 1 saturated heterocycles. The molecule has 0 aliphatic carbocycles. The first kappa shape index (κ1) is 14.5. The lowest BCUT2D eigenvalue weighted by molar-refractivity contribution is -0.114. The minimum Gasteiger partial charge on any atom is -0.396 e. The minimum atomic E-state index is -0.159. The summed E-state index contributed by atoms with van der Waals surface area (Å²) in [7, 11) is 0. The van der Waals surface area contributed by atoms with Gasteiger partial charge in [0.15, 0.2) is 0 Å². The highest BCUT2D eigenvalue weighted by atomic mass is 16.3. The Balaban J connectivity index is 2.10. The number of aliphatic hydroxyl groups is 1. The lowest BCUT2D eigenvalue weighted by atomic mass is 9.98. The average Bonchev–Trinajstić information content (AvgIpc) is 2.46. The van der Waals surface area contributed by atoms with E-state index in [1.54, 1.807) is 29.2 Å². The van der Waals surface area contributed by atoms with Crippen molar-refractivity contribution in [2.75, 3.05) is 25.0 Å². The van der Waals surface area contributed by atoms with Gasteiger partial charge in [0.2, 0.25) is 5.91 Å². The third-order valence-electron chi connectivity index (χ3n) is 3.49. The maximum atomic E-state index is 12.4. The molecule has 1 aliphatic heterocycles. The Hall–Kier alpha value is -1.88. The molecule has 0 aromatic heterocycles. The zero-order chi connectivity index (χ0) is 14.5. The summed E-state index contributed by atoms with van der Waals surface area (Å²) in [5, 5.41) is 11.9. The number of likely N-dealkylation sites (tertiary alicyclic amines) is 1. The number of amides is 2. The van der Waals surface area contributed by atoms with Crippen LogP contribution < -0.4 is 5.32 Å². The number of anilines is 1. The van der Waals surface area contributed by atoms with Gasteiger partial charge in [-0.25, -0.2) is 0 Å². The van der Waals surface area contributed by atoms with Crippen LogP contribution in [0.3, 0.4) is 0 Å². The lowest BCUT2D eigenvalue weighted by Crippen LogP contribution is -2.40. The molecule has 0 spiro atoms. The van der Waals surface area contributed by atoms with Gasteiger partial charge >= 0.3 is 0 Å². The molecule has 1 aromatic rings. The number of benzene rings is 1. The SMILES string of the molecule is CC(=O)Nc1cccc(C(=O)N2CCCC(CO)C2)c1. The van der Waals surface area contributed by atoms with Gasteiger partial charge in [-0.3, -0.25) is 9.59 Å². The fourth-order valence-corrected chi connectivity index (χ4v) is 2.51. The highest BCUT2D eigenvalue weighted by Crippen LogP contribution is 2.19. The van der Waals surface area contributed by atoms with Crippen molar-refractivity contribution >= 4 is 17.5 Å². The van der Waals surface area contributed by atoms with E-state index in [0.29, 0.717) is 17.8 Å². The van der Waals surface area contributed by atoms with Gasteiger partial charge in [0.05, 0.1) is 0 Å². The molecule has 1 aromatic carbocycles. The predicted octanol–water partition coefficient (Wildman–Crippen LogP) is 1.49. The van der Waals surface area contributed by atoms with Crippen LogP contribution in [0.1, 0.15) is 30.1 Å². The van der Waals surface area contributed by atoms with Crippen molar-refractivity contribution in [3.63, 3.8) is 0 Å². The highest BCUT2D eigenvalue weighted by Gasteiger charge is 2.24. The van der Waals surface area contributed by atoms with Gasteiger partial charge in [0.25, 0.3) is 5.91 Å². The first-order valence-electron chi connectivity index (χ1n) is 6.88. The van der Waals surface area contributed by atoms with Crippen LogP contribution in [-0.4, -0.2) is 41.5 Å². The molecule has 1 heterocycles. The van der Waals surface area contributed by atoms with Crippen molar-refractivity contribution < 1.29 is 14.7 Å². The van der Waals surface area contributed by atoms with Crippen molar-refractivity contribution in [1.82, 2.24) is 4.90 Å². The maximum Gasteiger partial charge on any atom is 0.253 e. The van der Waals surface area contributed by atoms with Crippen molar-refractivity contribution in [2.45, 2.75) is 19.8 Å². The normalized spacial score (nSPS) is 18.7. The first-order valence-corrected chi connectivity index (χ1v) is 6.88. The van der Waals surface area contributed by atoms with E-state index in [4.69, 9.17) is 0 Å². The van der Waals surface area contributed by atoms with E-state index < -0.39 is 0 Å². The second-order valence-electron chi connectivity index (χ2n) is 5.20. The summed E-state index contributed by atoms with van der Waals surface area (Å²) in [6.07, 6.45) is 1.88. The summed E-state index contributed by atoms with van der Waals surface area (Å²) in [6.45, 7) is 2.88. The van der Waals surface area contributed by atoms with Crippen LogP contribution in [0, 0.1) is 5.92 Å². The maximum absolute atomic E-state index is 12.4. The zero-order valence-corrected chi connectivity index (χ0v) is 11.6. The number of carbonyl (C=O) groups excluding carboxylic acids is 2. The molecule has 20 heavy (non-hydrogen) atoms. The van der Waals surface area contributed by atoms with Gasteiger partial charge in [-0.2, -0.15) is 0 Å². The number of hydrogen-bond acceptors (Lipinski definition) is 3. The fraction of sp³-hybridized carbons (Fsp3) is 0.467. The number of aliphatic hydroxyl groups excluding tert-OH is 1. The topological polar surface area (TPSA) is 69.6 Å². The van der Waals surface area contributed by atoms with Crippen molar-refractivity contribution in [1.29, 1.82) is 0 Å². The molecule has 5 heteroatoms. The van der Waals surface area contributed by atoms with E-state index in [2.05, 4.69) is 5.32 Å². The van der Waals surface area contributed by atoms with Gasteiger partial charge in [0.1, 0.15) is 0 Å². The van der Waals surface area contributed by atoms with Crippen LogP contribution in [0.4, 0.5) is 5.69 Å². The largest absolute Gasteiger partial charge is 0.396 e.